The van der Waals surface area contributed by atoms with E-state index in [1.54, 1.807) is 12.1 Å². The SMILES string of the molecule is Cc1cc(C)nc(-c2ccc(F)cc2)n1. The first-order chi connectivity index (χ1) is 7.15. The first-order valence-corrected chi connectivity index (χ1v) is 4.73. The van der Waals surface area contributed by atoms with Crippen molar-refractivity contribution in [2.24, 2.45) is 0 Å². The largest absolute Gasteiger partial charge is 0.233 e. The molecular weight excluding hydrogens is 191 g/mol. The zero-order valence-electron chi connectivity index (χ0n) is 8.66. The zero-order chi connectivity index (χ0) is 10.8. The second-order valence-electron chi connectivity index (χ2n) is 3.48. The molecule has 1 heterocycles. The highest BCUT2D eigenvalue weighted by Gasteiger charge is 2.02. The molecule has 0 fully saturated rings. The quantitative estimate of drug-likeness (QED) is 0.710. The molecule has 1 aromatic heterocycles. The molecule has 0 amide bonds. The molecule has 0 unspecified atom stereocenters. The minimum atomic E-state index is -0.247. The molecular formula is C12H11FN2. The highest BCUT2D eigenvalue weighted by Crippen LogP contribution is 2.15. The van der Waals surface area contributed by atoms with Crippen molar-refractivity contribution in [1.29, 1.82) is 0 Å². The molecule has 0 aliphatic heterocycles. The second kappa shape index (κ2) is 3.77. The molecule has 2 rings (SSSR count). The van der Waals surface area contributed by atoms with Crippen molar-refractivity contribution in [2.45, 2.75) is 13.8 Å². The third-order valence-electron chi connectivity index (χ3n) is 2.08. The van der Waals surface area contributed by atoms with Gasteiger partial charge in [-0.15, -0.1) is 0 Å². The Kier molecular flexibility index (Phi) is 2.46. The van der Waals surface area contributed by atoms with Gasteiger partial charge in [0.25, 0.3) is 0 Å². The van der Waals surface area contributed by atoms with Gasteiger partial charge in [-0.05, 0) is 44.2 Å². The lowest BCUT2D eigenvalue weighted by Gasteiger charge is -2.02. The highest BCUT2D eigenvalue weighted by molar-refractivity contribution is 5.54. The van der Waals surface area contributed by atoms with E-state index in [2.05, 4.69) is 9.97 Å². The third kappa shape index (κ3) is 2.18. The molecule has 0 aliphatic carbocycles. The molecule has 2 aromatic rings. The van der Waals surface area contributed by atoms with E-state index in [-0.39, 0.29) is 5.82 Å². The summed E-state index contributed by atoms with van der Waals surface area (Å²) in [5.74, 6) is 0.399. The van der Waals surface area contributed by atoms with Crippen molar-refractivity contribution in [3.63, 3.8) is 0 Å². The van der Waals surface area contributed by atoms with Gasteiger partial charge in [-0.1, -0.05) is 0 Å². The molecule has 3 heteroatoms. The van der Waals surface area contributed by atoms with Gasteiger partial charge >= 0.3 is 0 Å². The van der Waals surface area contributed by atoms with Crippen LogP contribution in [0.5, 0.6) is 0 Å². The van der Waals surface area contributed by atoms with Crippen LogP contribution in [0, 0.1) is 19.7 Å². The van der Waals surface area contributed by atoms with Gasteiger partial charge in [-0.3, -0.25) is 0 Å². The molecule has 0 N–H and O–H groups in total. The van der Waals surface area contributed by atoms with E-state index in [1.807, 2.05) is 19.9 Å². The highest BCUT2D eigenvalue weighted by atomic mass is 19.1. The standard InChI is InChI=1S/C12H11FN2/c1-8-7-9(2)15-12(14-8)10-3-5-11(13)6-4-10/h3-7H,1-2H3. The van der Waals surface area contributed by atoms with Crippen LogP contribution in [0.25, 0.3) is 11.4 Å². The number of benzene rings is 1. The Morgan fingerprint density at radius 2 is 1.47 bits per heavy atom. The van der Waals surface area contributed by atoms with Gasteiger partial charge in [0.15, 0.2) is 5.82 Å². The Morgan fingerprint density at radius 3 is 2.00 bits per heavy atom. The van der Waals surface area contributed by atoms with Gasteiger partial charge < -0.3 is 0 Å². The second-order valence-corrected chi connectivity index (χ2v) is 3.48. The van der Waals surface area contributed by atoms with Crippen LogP contribution < -0.4 is 0 Å². The number of nitrogens with zero attached hydrogens (tertiary/aromatic N) is 2. The molecule has 0 atom stereocenters. The number of aromatic nitrogens is 2. The monoisotopic (exact) mass is 202 g/mol. The van der Waals surface area contributed by atoms with E-state index in [4.69, 9.17) is 0 Å². The van der Waals surface area contributed by atoms with Gasteiger partial charge in [0.05, 0.1) is 0 Å². The van der Waals surface area contributed by atoms with Crippen LogP contribution in [0.3, 0.4) is 0 Å². The first kappa shape index (κ1) is 9.77. The van der Waals surface area contributed by atoms with Crippen LogP contribution in [0.15, 0.2) is 30.3 Å². The number of halogens is 1. The van der Waals surface area contributed by atoms with Crippen molar-refractivity contribution < 1.29 is 4.39 Å². The van der Waals surface area contributed by atoms with Crippen LogP contribution in [-0.4, -0.2) is 9.97 Å². The van der Waals surface area contributed by atoms with Gasteiger partial charge in [-0.2, -0.15) is 0 Å². The normalized spacial score (nSPS) is 10.3. The summed E-state index contributed by atoms with van der Waals surface area (Å²) < 4.78 is 12.7. The number of hydrogen-bond acceptors (Lipinski definition) is 2. The lowest BCUT2D eigenvalue weighted by molar-refractivity contribution is 0.628. The Hall–Kier alpha value is -1.77. The average molecular weight is 202 g/mol. The maximum absolute atomic E-state index is 12.7. The fourth-order valence-corrected chi connectivity index (χ4v) is 1.45. The molecule has 2 nitrogen and oxygen atoms in total. The number of rotatable bonds is 1. The topological polar surface area (TPSA) is 25.8 Å². The third-order valence-corrected chi connectivity index (χ3v) is 2.08. The van der Waals surface area contributed by atoms with Crippen molar-refractivity contribution in [1.82, 2.24) is 9.97 Å². The van der Waals surface area contributed by atoms with Crippen LogP contribution in [-0.2, 0) is 0 Å². The van der Waals surface area contributed by atoms with Crippen molar-refractivity contribution in [3.8, 4) is 11.4 Å². The van der Waals surface area contributed by atoms with Gasteiger partial charge in [-0.25, -0.2) is 14.4 Å². The maximum Gasteiger partial charge on any atom is 0.159 e. The van der Waals surface area contributed by atoms with E-state index in [0.29, 0.717) is 5.82 Å². The summed E-state index contributed by atoms with van der Waals surface area (Å²) in [5, 5.41) is 0. The smallest absolute Gasteiger partial charge is 0.159 e. The summed E-state index contributed by atoms with van der Waals surface area (Å²) in [6, 6.07) is 8.10. The molecule has 0 radical (unpaired) electrons. The Balaban J connectivity index is 2.49. The van der Waals surface area contributed by atoms with Crippen LogP contribution in [0.4, 0.5) is 4.39 Å². The minimum Gasteiger partial charge on any atom is -0.233 e. The van der Waals surface area contributed by atoms with Gasteiger partial charge in [0.1, 0.15) is 5.82 Å². The Labute approximate surface area is 87.8 Å². The average Bonchev–Trinajstić information content (AvgIpc) is 2.17. The van der Waals surface area contributed by atoms with Gasteiger partial charge in [0, 0.05) is 17.0 Å². The van der Waals surface area contributed by atoms with Crippen LogP contribution in [0.1, 0.15) is 11.4 Å². The molecule has 0 saturated heterocycles. The summed E-state index contributed by atoms with van der Waals surface area (Å²) in [4.78, 5) is 8.60. The fourth-order valence-electron chi connectivity index (χ4n) is 1.45. The molecule has 0 saturated carbocycles. The predicted octanol–water partition coefficient (Wildman–Crippen LogP) is 2.90. The maximum atomic E-state index is 12.7. The van der Waals surface area contributed by atoms with E-state index in [1.165, 1.54) is 12.1 Å². The van der Waals surface area contributed by atoms with E-state index in [0.717, 1.165) is 17.0 Å². The predicted molar refractivity (Wildman–Crippen MR) is 56.9 cm³/mol. The molecule has 0 spiro atoms. The summed E-state index contributed by atoms with van der Waals surface area (Å²) in [5.41, 5.74) is 2.67. The fraction of sp³-hybridized carbons (Fsp3) is 0.167. The Bertz CT molecular complexity index is 457. The molecule has 0 bridgehead atoms. The summed E-state index contributed by atoms with van der Waals surface area (Å²) in [7, 11) is 0. The lowest BCUT2D eigenvalue weighted by Crippen LogP contribution is -1.94. The molecule has 1 aromatic carbocycles. The summed E-state index contributed by atoms with van der Waals surface area (Å²) in [6.45, 7) is 3.84. The van der Waals surface area contributed by atoms with E-state index in [9.17, 15) is 4.39 Å². The van der Waals surface area contributed by atoms with Gasteiger partial charge in [0.2, 0.25) is 0 Å². The molecule has 0 aliphatic rings. The number of hydrogen-bond donors (Lipinski definition) is 0. The minimum absolute atomic E-state index is 0.247. The lowest BCUT2D eigenvalue weighted by atomic mass is 10.2. The summed E-state index contributed by atoms with van der Waals surface area (Å²) in [6.07, 6.45) is 0. The first-order valence-electron chi connectivity index (χ1n) is 4.73. The summed E-state index contributed by atoms with van der Waals surface area (Å²) >= 11 is 0. The van der Waals surface area contributed by atoms with E-state index >= 15 is 0 Å². The van der Waals surface area contributed by atoms with Crippen molar-refractivity contribution >= 4 is 0 Å². The van der Waals surface area contributed by atoms with Crippen LogP contribution >= 0.6 is 0 Å². The Morgan fingerprint density at radius 1 is 0.933 bits per heavy atom. The van der Waals surface area contributed by atoms with Crippen LogP contribution in [0.2, 0.25) is 0 Å². The van der Waals surface area contributed by atoms with Crippen molar-refractivity contribution in [2.75, 3.05) is 0 Å². The zero-order valence-corrected chi connectivity index (χ0v) is 8.66. The van der Waals surface area contributed by atoms with Crippen molar-refractivity contribution in [3.05, 3.63) is 47.5 Å². The molecule has 76 valence electrons. The van der Waals surface area contributed by atoms with E-state index < -0.39 is 0 Å². The molecule has 15 heavy (non-hydrogen) atoms. The number of aryl methyl sites for hydroxylation is 2.